The molecule has 0 saturated heterocycles. The van der Waals surface area contributed by atoms with E-state index in [2.05, 4.69) is 21.2 Å². The van der Waals surface area contributed by atoms with E-state index in [0.29, 0.717) is 17.7 Å². The number of carbonyl (C=O) groups is 2. The lowest BCUT2D eigenvalue weighted by atomic mass is 9.84. The first-order valence-corrected chi connectivity index (χ1v) is 7.98. The Morgan fingerprint density at radius 3 is 2.57 bits per heavy atom. The zero-order chi connectivity index (χ0) is 16.0. The van der Waals surface area contributed by atoms with Gasteiger partial charge in [-0.3, -0.25) is 4.79 Å². The lowest BCUT2D eigenvalue weighted by molar-refractivity contribution is -0.163. The molecular weight excluding hydrogens is 358 g/mol. The number of hydrogen-bond acceptors (Lipinski definition) is 3. The number of nitrogens with one attached hydrogen (secondary N) is 1. The van der Waals surface area contributed by atoms with Crippen molar-refractivity contribution in [1.29, 1.82) is 0 Å². The number of anilines is 1. The number of halogens is 1. The smallest absolute Gasteiger partial charge is 0.332 e. The predicted molar refractivity (Wildman–Crippen MR) is 89.6 cm³/mol. The van der Waals surface area contributed by atoms with Crippen molar-refractivity contribution in [2.24, 2.45) is 0 Å². The third-order valence-corrected chi connectivity index (χ3v) is 4.73. The zero-order valence-corrected chi connectivity index (χ0v) is 13.6. The molecule has 1 amide bonds. The van der Waals surface area contributed by atoms with Gasteiger partial charge in [0, 0.05) is 28.2 Å². The molecule has 0 aromatic heterocycles. The van der Waals surface area contributed by atoms with Crippen LogP contribution in [-0.2, 0) is 19.9 Å². The molecule has 0 aliphatic carbocycles. The number of esters is 1. The number of fused-ring (bicyclic) bond motifs is 2. The highest BCUT2D eigenvalue weighted by Crippen LogP contribution is 2.46. The third kappa shape index (κ3) is 2.19. The summed E-state index contributed by atoms with van der Waals surface area (Å²) < 4.78 is 6.47. The van der Waals surface area contributed by atoms with Crippen LogP contribution in [0, 0.1) is 0 Å². The molecule has 4 nitrogen and oxygen atoms in total. The van der Waals surface area contributed by atoms with Gasteiger partial charge < -0.3 is 10.1 Å². The van der Waals surface area contributed by atoms with E-state index in [1.54, 1.807) is 0 Å². The molecule has 0 radical (unpaired) electrons. The van der Waals surface area contributed by atoms with E-state index in [1.165, 1.54) is 6.08 Å². The van der Waals surface area contributed by atoms with Gasteiger partial charge in [-0.1, -0.05) is 46.3 Å². The molecule has 0 fully saturated rings. The fourth-order valence-corrected chi connectivity index (χ4v) is 3.38. The van der Waals surface area contributed by atoms with Crippen molar-refractivity contribution in [1.82, 2.24) is 0 Å². The Hall–Kier alpha value is -2.40. The van der Waals surface area contributed by atoms with Crippen LogP contribution in [0.4, 0.5) is 5.69 Å². The molecule has 4 rings (SSSR count). The van der Waals surface area contributed by atoms with Gasteiger partial charge in [0.15, 0.2) is 0 Å². The van der Waals surface area contributed by atoms with Gasteiger partial charge in [-0.15, -0.1) is 0 Å². The molecule has 1 unspecified atom stereocenters. The summed E-state index contributed by atoms with van der Waals surface area (Å²) in [7, 11) is 0. The first-order chi connectivity index (χ1) is 11.1. The summed E-state index contributed by atoms with van der Waals surface area (Å²) in [4.78, 5) is 24.7. The van der Waals surface area contributed by atoms with Gasteiger partial charge in [0.1, 0.15) is 0 Å². The van der Waals surface area contributed by atoms with Gasteiger partial charge in [-0.25, -0.2) is 4.79 Å². The summed E-state index contributed by atoms with van der Waals surface area (Å²) in [6.07, 6.45) is 1.78. The normalized spacial score (nSPS) is 22.4. The molecule has 2 heterocycles. The Labute approximate surface area is 141 Å². The van der Waals surface area contributed by atoms with Gasteiger partial charge >= 0.3 is 5.97 Å². The summed E-state index contributed by atoms with van der Waals surface area (Å²) in [6.45, 7) is 0. The number of hydrogen-bond donors (Lipinski definition) is 1. The van der Waals surface area contributed by atoms with Crippen LogP contribution in [-0.4, -0.2) is 11.9 Å². The number of carbonyl (C=O) groups excluding carboxylic acids is 2. The fourth-order valence-electron chi connectivity index (χ4n) is 3.11. The highest BCUT2D eigenvalue weighted by atomic mass is 79.9. The molecule has 1 N–H and O–H groups in total. The van der Waals surface area contributed by atoms with E-state index in [-0.39, 0.29) is 5.91 Å². The van der Waals surface area contributed by atoms with Crippen LogP contribution < -0.4 is 5.32 Å². The Balaban J connectivity index is 1.81. The number of ether oxygens (including phenoxy) is 1. The van der Waals surface area contributed by atoms with Crippen LogP contribution in [0.2, 0.25) is 0 Å². The van der Waals surface area contributed by atoms with E-state index in [1.807, 2.05) is 48.5 Å². The topological polar surface area (TPSA) is 55.4 Å². The standard InChI is InChI=1S/C18H12BrNO3/c19-13-7-5-11(6-8-13)12-9-16(21)23-18(10-12)14-3-1-2-4-15(14)20-17(18)22/h1-9H,10H2,(H,20,22). The van der Waals surface area contributed by atoms with Crippen molar-refractivity contribution in [2.45, 2.75) is 12.0 Å². The van der Waals surface area contributed by atoms with E-state index in [0.717, 1.165) is 15.6 Å². The summed E-state index contributed by atoms with van der Waals surface area (Å²) in [5, 5.41) is 2.81. The van der Waals surface area contributed by atoms with Crippen LogP contribution in [0.15, 0.2) is 59.1 Å². The quantitative estimate of drug-likeness (QED) is 0.780. The largest absolute Gasteiger partial charge is 0.440 e. The van der Waals surface area contributed by atoms with E-state index in [4.69, 9.17) is 4.74 Å². The van der Waals surface area contributed by atoms with Gasteiger partial charge in [0.2, 0.25) is 5.60 Å². The maximum Gasteiger partial charge on any atom is 0.332 e. The molecule has 0 saturated carbocycles. The molecule has 5 heteroatoms. The number of amides is 1. The molecular formula is C18H12BrNO3. The van der Waals surface area contributed by atoms with E-state index >= 15 is 0 Å². The van der Waals surface area contributed by atoms with Crippen molar-refractivity contribution in [2.75, 3.05) is 5.32 Å². The maximum absolute atomic E-state index is 12.6. The van der Waals surface area contributed by atoms with Crippen LogP contribution >= 0.6 is 15.9 Å². The fraction of sp³-hybridized carbons (Fsp3) is 0.111. The van der Waals surface area contributed by atoms with E-state index < -0.39 is 11.6 Å². The molecule has 1 atom stereocenters. The van der Waals surface area contributed by atoms with Gasteiger partial charge in [0.25, 0.3) is 5.91 Å². The predicted octanol–water partition coefficient (Wildman–Crippen LogP) is 3.63. The summed E-state index contributed by atoms with van der Waals surface area (Å²) in [5.41, 5.74) is 1.83. The van der Waals surface area contributed by atoms with Crippen LogP contribution in [0.25, 0.3) is 5.57 Å². The maximum atomic E-state index is 12.6. The highest BCUT2D eigenvalue weighted by Gasteiger charge is 2.52. The average Bonchev–Trinajstić information content (AvgIpc) is 2.80. The lowest BCUT2D eigenvalue weighted by Gasteiger charge is -2.31. The molecule has 1 spiro atoms. The first kappa shape index (κ1) is 14.2. The Morgan fingerprint density at radius 2 is 1.78 bits per heavy atom. The van der Waals surface area contributed by atoms with Gasteiger partial charge in [-0.05, 0) is 29.3 Å². The number of benzene rings is 2. The Kier molecular flexibility index (Phi) is 3.13. The molecule has 2 aromatic carbocycles. The van der Waals surface area contributed by atoms with Crippen molar-refractivity contribution in [3.63, 3.8) is 0 Å². The Morgan fingerprint density at radius 1 is 1.04 bits per heavy atom. The zero-order valence-electron chi connectivity index (χ0n) is 12.0. The molecule has 2 aliphatic rings. The molecule has 114 valence electrons. The Bertz CT molecular complexity index is 857. The molecule has 0 bridgehead atoms. The summed E-state index contributed by atoms with van der Waals surface area (Å²) in [5.74, 6) is -0.796. The van der Waals surface area contributed by atoms with Gasteiger partial charge in [-0.2, -0.15) is 0 Å². The first-order valence-electron chi connectivity index (χ1n) is 7.19. The SMILES string of the molecule is O=C1C=C(c2ccc(Br)cc2)CC2(O1)C(=O)Nc1ccccc12. The second-order valence-corrected chi connectivity index (χ2v) is 6.52. The highest BCUT2D eigenvalue weighted by molar-refractivity contribution is 9.10. The third-order valence-electron chi connectivity index (χ3n) is 4.20. The molecule has 23 heavy (non-hydrogen) atoms. The lowest BCUT2D eigenvalue weighted by Crippen LogP contribution is -2.41. The minimum Gasteiger partial charge on any atom is -0.440 e. The minimum absolute atomic E-state index is 0.297. The number of para-hydroxylation sites is 1. The van der Waals surface area contributed by atoms with Gasteiger partial charge in [0.05, 0.1) is 0 Å². The van der Waals surface area contributed by atoms with Crippen molar-refractivity contribution in [3.8, 4) is 0 Å². The molecule has 2 aliphatic heterocycles. The van der Waals surface area contributed by atoms with E-state index in [9.17, 15) is 9.59 Å². The van der Waals surface area contributed by atoms with Crippen molar-refractivity contribution in [3.05, 3.63) is 70.2 Å². The monoisotopic (exact) mass is 369 g/mol. The van der Waals surface area contributed by atoms with Crippen LogP contribution in [0.1, 0.15) is 17.5 Å². The summed E-state index contributed by atoms with van der Waals surface area (Å²) >= 11 is 3.40. The van der Waals surface area contributed by atoms with Crippen molar-refractivity contribution >= 4 is 39.1 Å². The van der Waals surface area contributed by atoms with Crippen LogP contribution in [0.5, 0.6) is 0 Å². The number of rotatable bonds is 1. The molecule has 2 aromatic rings. The summed E-state index contributed by atoms with van der Waals surface area (Å²) in [6, 6.07) is 15.0. The van der Waals surface area contributed by atoms with Crippen LogP contribution in [0.3, 0.4) is 0 Å². The minimum atomic E-state index is -1.27. The second-order valence-electron chi connectivity index (χ2n) is 5.60. The van der Waals surface area contributed by atoms with Crippen molar-refractivity contribution < 1.29 is 14.3 Å². The second kappa shape index (κ2) is 5.06. The average molecular weight is 370 g/mol.